The van der Waals surface area contributed by atoms with Gasteiger partial charge in [-0.25, -0.2) is 0 Å². The van der Waals surface area contributed by atoms with Crippen molar-refractivity contribution < 1.29 is 14.5 Å². The number of amides is 1. The highest BCUT2D eigenvalue weighted by molar-refractivity contribution is 6.30. The maximum absolute atomic E-state index is 12.0. The predicted octanol–water partition coefficient (Wildman–Crippen LogP) is 1.87. The van der Waals surface area contributed by atoms with E-state index in [1.807, 2.05) is 0 Å². The molecule has 1 aromatic rings. The van der Waals surface area contributed by atoms with E-state index < -0.39 is 11.0 Å². The Morgan fingerprint density at radius 2 is 2.27 bits per heavy atom. The molecule has 0 aromatic heterocycles. The van der Waals surface area contributed by atoms with E-state index >= 15 is 0 Å². The van der Waals surface area contributed by atoms with Crippen molar-refractivity contribution in [2.75, 3.05) is 6.54 Å². The molecule has 0 radical (unpaired) electrons. The third-order valence-corrected chi connectivity index (χ3v) is 3.77. The standard InChI is InChI=1S/C14H18ClN3O4/c1-8(14(19)17-7-11(16)9-2-3-9)22-13-5-4-10(15)6-12(13)18(20)21/h4-6,8-9,11H,2-3,7,16H2,1H3,(H,17,19). The van der Waals surface area contributed by atoms with Crippen molar-refractivity contribution in [3.8, 4) is 5.75 Å². The molecule has 22 heavy (non-hydrogen) atoms. The van der Waals surface area contributed by atoms with Crippen molar-refractivity contribution in [3.05, 3.63) is 33.3 Å². The molecule has 0 saturated heterocycles. The number of nitrogens with one attached hydrogen (secondary N) is 1. The number of nitro groups is 1. The Labute approximate surface area is 132 Å². The third kappa shape index (κ3) is 4.32. The van der Waals surface area contributed by atoms with Crippen LogP contribution in [-0.4, -0.2) is 29.5 Å². The van der Waals surface area contributed by atoms with Crippen molar-refractivity contribution in [1.29, 1.82) is 0 Å². The maximum atomic E-state index is 12.0. The van der Waals surface area contributed by atoms with Gasteiger partial charge in [0.05, 0.1) is 4.92 Å². The van der Waals surface area contributed by atoms with Gasteiger partial charge in [0, 0.05) is 23.7 Å². The second-order valence-corrected chi connectivity index (χ2v) is 5.81. The number of carbonyl (C=O) groups excluding carboxylic acids is 1. The summed E-state index contributed by atoms with van der Waals surface area (Å²) in [6.07, 6.45) is 1.33. The van der Waals surface area contributed by atoms with Crippen molar-refractivity contribution in [2.45, 2.75) is 31.9 Å². The number of halogens is 1. The van der Waals surface area contributed by atoms with Crippen LogP contribution in [-0.2, 0) is 4.79 Å². The number of nitrogens with two attached hydrogens (primary N) is 1. The smallest absolute Gasteiger partial charge is 0.312 e. The van der Waals surface area contributed by atoms with Gasteiger partial charge in [0.15, 0.2) is 11.9 Å². The fraction of sp³-hybridized carbons (Fsp3) is 0.500. The van der Waals surface area contributed by atoms with E-state index in [1.54, 1.807) is 0 Å². The molecule has 7 nitrogen and oxygen atoms in total. The molecule has 2 atom stereocenters. The van der Waals surface area contributed by atoms with Crippen LogP contribution in [0.5, 0.6) is 5.75 Å². The monoisotopic (exact) mass is 327 g/mol. The van der Waals surface area contributed by atoms with E-state index in [0.29, 0.717) is 12.5 Å². The average Bonchev–Trinajstić information content (AvgIpc) is 3.30. The van der Waals surface area contributed by atoms with Crippen molar-refractivity contribution in [1.82, 2.24) is 5.32 Å². The zero-order chi connectivity index (χ0) is 16.3. The van der Waals surface area contributed by atoms with Crippen LogP contribution in [0.3, 0.4) is 0 Å². The van der Waals surface area contributed by atoms with Crippen LogP contribution in [0.4, 0.5) is 5.69 Å². The minimum Gasteiger partial charge on any atom is -0.474 e. The van der Waals surface area contributed by atoms with Crippen LogP contribution in [0, 0.1) is 16.0 Å². The van der Waals surface area contributed by atoms with Gasteiger partial charge in [-0.3, -0.25) is 14.9 Å². The van der Waals surface area contributed by atoms with Gasteiger partial charge in [-0.2, -0.15) is 0 Å². The van der Waals surface area contributed by atoms with Gasteiger partial charge in [0.25, 0.3) is 5.91 Å². The number of nitro benzene ring substituents is 1. The lowest BCUT2D eigenvalue weighted by molar-refractivity contribution is -0.386. The molecule has 120 valence electrons. The summed E-state index contributed by atoms with van der Waals surface area (Å²) >= 11 is 5.73. The Kier molecular flexibility index (Phi) is 5.20. The molecule has 0 bridgehead atoms. The number of nitrogens with zero attached hydrogens (tertiary/aromatic N) is 1. The molecule has 2 rings (SSSR count). The summed E-state index contributed by atoms with van der Waals surface area (Å²) in [6, 6.07) is 3.98. The van der Waals surface area contributed by atoms with Gasteiger partial charge in [-0.05, 0) is 37.8 Å². The van der Waals surface area contributed by atoms with Crippen LogP contribution in [0.2, 0.25) is 5.02 Å². The van der Waals surface area contributed by atoms with Crippen molar-refractivity contribution in [3.63, 3.8) is 0 Å². The van der Waals surface area contributed by atoms with Gasteiger partial charge in [0.1, 0.15) is 0 Å². The first-order valence-electron chi connectivity index (χ1n) is 7.02. The lowest BCUT2D eigenvalue weighted by Gasteiger charge is -2.17. The molecule has 8 heteroatoms. The van der Waals surface area contributed by atoms with Crippen LogP contribution in [0.25, 0.3) is 0 Å². The van der Waals surface area contributed by atoms with E-state index in [4.69, 9.17) is 22.1 Å². The van der Waals surface area contributed by atoms with Crippen LogP contribution < -0.4 is 15.8 Å². The SMILES string of the molecule is CC(Oc1ccc(Cl)cc1[N+](=O)[O-])C(=O)NCC(N)C1CC1. The molecule has 2 unspecified atom stereocenters. The van der Waals surface area contributed by atoms with E-state index in [2.05, 4.69) is 5.32 Å². The van der Waals surface area contributed by atoms with Gasteiger partial charge >= 0.3 is 5.69 Å². The number of benzene rings is 1. The molecular weight excluding hydrogens is 310 g/mol. The second-order valence-electron chi connectivity index (χ2n) is 5.38. The first-order chi connectivity index (χ1) is 10.4. The highest BCUT2D eigenvalue weighted by atomic mass is 35.5. The molecule has 1 amide bonds. The first-order valence-corrected chi connectivity index (χ1v) is 7.40. The average molecular weight is 328 g/mol. The van der Waals surface area contributed by atoms with Crippen molar-refractivity contribution >= 4 is 23.2 Å². The van der Waals surface area contributed by atoms with E-state index in [1.165, 1.54) is 25.1 Å². The summed E-state index contributed by atoms with van der Waals surface area (Å²) in [7, 11) is 0. The quantitative estimate of drug-likeness (QED) is 0.587. The van der Waals surface area contributed by atoms with Gasteiger partial charge in [0.2, 0.25) is 0 Å². The number of hydrogen-bond acceptors (Lipinski definition) is 5. The topological polar surface area (TPSA) is 107 Å². The molecule has 0 spiro atoms. The molecule has 1 aromatic carbocycles. The third-order valence-electron chi connectivity index (χ3n) is 3.53. The lowest BCUT2D eigenvalue weighted by atomic mass is 10.2. The Hall–Kier alpha value is -1.86. The summed E-state index contributed by atoms with van der Waals surface area (Å²) in [5.41, 5.74) is 5.62. The van der Waals surface area contributed by atoms with Crippen LogP contribution >= 0.6 is 11.6 Å². The summed E-state index contributed by atoms with van der Waals surface area (Å²) in [5.74, 6) is 0.123. The fourth-order valence-corrected chi connectivity index (χ4v) is 2.20. The Balaban J connectivity index is 1.94. The van der Waals surface area contributed by atoms with Gasteiger partial charge in [-0.15, -0.1) is 0 Å². The molecular formula is C14H18ClN3O4. The number of hydrogen-bond donors (Lipinski definition) is 2. The largest absolute Gasteiger partial charge is 0.474 e. The zero-order valence-electron chi connectivity index (χ0n) is 12.1. The summed E-state index contributed by atoms with van der Waals surface area (Å²) < 4.78 is 5.38. The molecule has 1 saturated carbocycles. The van der Waals surface area contributed by atoms with E-state index in [0.717, 1.165) is 12.8 Å². The Morgan fingerprint density at radius 1 is 1.59 bits per heavy atom. The molecule has 1 aliphatic rings. The fourth-order valence-electron chi connectivity index (χ4n) is 2.03. The second kappa shape index (κ2) is 6.93. The summed E-state index contributed by atoms with van der Waals surface area (Å²) in [4.78, 5) is 22.3. The highest BCUT2D eigenvalue weighted by Crippen LogP contribution is 2.31. The Bertz CT molecular complexity index is 577. The highest BCUT2D eigenvalue weighted by Gasteiger charge is 2.29. The summed E-state index contributed by atoms with van der Waals surface area (Å²) in [5, 5.41) is 13.9. The number of carbonyl (C=O) groups is 1. The molecule has 3 N–H and O–H groups in total. The van der Waals surface area contributed by atoms with Gasteiger partial charge in [-0.1, -0.05) is 11.6 Å². The maximum Gasteiger partial charge on any atom is 0.312 e. The Morgan fingerprint density at radius 3 is 2.86 bits per heavy atom. The number of rotatable bonds is 7. The predicted molar refractivity (Wildman–Crippen MR) is 81.9 cm³/mol. The lowest BCUT2D eigenvalue weighted by Crippen LogP contribution is -2.43. The molecule has 0 aliphatic heterocycles. The normalized spacial score (nSPS) is 16.7. The molecule has 1 aliphatic carbocycles. The minimum atomic E-state index is -0.869. The van der Waals surface area contributed by atoms with Crippen LogP contribution in [0.1, 0.15) is 19.8 Å². The summed E-state index contributed by atoms with van der Waals surface area (Å²) in [6.45, 7) is 1.90. The molecule has 0 heterocycles. The van der Waals surface area contributed by atoms with Gasteiger partial charge < -0.3 is 15.8 Å². The minimum absolute atomic E-state index is 0.00328. The van der Waals surface area contributed by atoms with E-state index in [-0.39, 0.29) is 28.4 Å². The van der Waals surface area contributed by atoms with Crippen LogP contribution in [0.15, 0.2) is 18.2 Å². The van der Waals surface area contributed by atoms with E-state index in [9.17, 15) is 14.9 Å². The van der Waals surface area contributed by atoms with Crippen molar-refractivity contribution in [2.24, 2.45) is 11.7 Å². The molecule has 1 fully saturated rings. The first kappa shape index (κ1) is 16.5. The zero-order valence-corrected chi connectivity index (χ0v) is 12.9. The number of ether oxygens (including phenoxy) is 1.